The highest BCUT2D eigenvalue weighted by atomic mass is 32.2. The van der Waals surface area contributed by atoms with E-state index in [-0.39, 0.29) is 11.3 Å². The number of nitrogens with one attached hydrogen (secondary N) is 1. The highest BCUT2D eigenvalue weighted by Gasteiger charge is 2.54. The van der Waals surface area contributed by atoms with Crippen LogP contribution in [0, 0.1) is 6.92 Å². The van der Waals surface area contributed by atoms with E-state index in [1.165, 1.54) is 24.3 Å². The van der Waals surface area contributed by atoms with Crippen LogP contribution in [0.15, 0.2) is 33.5 Å². The van der Waals surface area contributed by atoms with Crippen molar-refractivity contribution in [1.82, 2.24) is 4.72 Å². The Morgan fingerprint density at radius 1 is 1.02 bits per heavy atom. The maximum Gasteiger partial charge on any atom is 0.336 e. The zero-order valence-corrected chi connectivity index (χ0v) is 21.3. The fourth-order valence-electron chi connectivity index (χ4n) is 4.45. The maximum absolute atomic E-state index is 12.0. The van der Waals surface area contributed by atoms with Crippen LogP contribution >= 0.6 is 0 Å². The lowest BCUT2D eigenvalue weighted by Crippen LogP contribution is -2.68. The molecule has 0 spiro atoms. The number of aliphatic hydroxyl groups excluding tert-OH is 5. The summed E-state index contributed by atoms with van der Waals surface area (Å²) in [6, 6.07) is 3.55. The Bertz CT molecular complexity index is 1400. The van der Waals surface area contributed by atoms with Gasteiger partial charge in [0.2, 0.25) is 6.29 Å². The second kappa shape index (κ2) is 11.6. The number of aliphatic carboxylic acids is 1. The van der Waals surface area contributed by atoms with Crippen molar-refractivity contribution in [2.24, 2.45) is 0 Å². The minimum absolute atomic E-state index is 0.0306. The summed E-state index contributed by atoms with van der Waals surface area (Å²) in [7, 11) is -5.05. The third kappa shape index (κ3) is 6.26. The van der Waals surface area contributed by atoms with Crippen LogP contribution < -0.4 is 15.1 Å². The van der Waals surface area contributed by atoms with Crippen LogP contribution in [-0.2, 0) is 29.3 Å². The zero-order valence-electron chi connectivity index (χ0n) is 20.5. The van der Waals surface area contributed by atoms with Crippen molar-refractivity contribution >= 4 is 27.2 Å². The lowest BCUT2D eigenvalue weighted by atomic mass is 9.96. The van der Waals surface area contributed by atoms with Crippen LogP contribution in [0.2, 0.25) is 0 Å². The summed E-state index contributed by atoms with van der Waals surface area (Å²) < 4.78 is 60.2. The Labute approximate surface area is 225 Å². The van der Waals surface area contributed by atoms with Gasteiger partial charge in [-0.2, -0.15) is 13.1 Å². The Balaban J connectivity index is 1.58. The fourth-order valence-corrected chi connectivity index (χ4v) is 5.04. The molecule has 18 heteroatoms. The van der Waals surface area contributed by atoms with Crippen LogP contribution in [0.5, 0.6) is 5.75 Å². The minimum atomic E-state index is -5.05. The number of rotatable bonds is 8. The Hall–Kier alpha value is -2.75. The standard InChI is InChI=1S/C22H27NO16S/c1-7-4-12(25)36-10-5-8(2-3-9(7)10)35-22-17(29)16(28)18(19(39-22)20(30)31)38-21-13(23-40(32,33)34)15(27)14(26)11(6-24)37-21/h2-5,11,13-19,21-24,26-29H,6H2,1H3,(H,30,31)(H,32,33,34). The number of ether oxygens (including phenoxy) is 4. The second-order valence-corrected chi connectivity index (χ2v) is 10.4. The number of aliphatic hydroxyl groups is 5. The third-order valence-electron chi connectivity index (χ3n) is 6.42. The van der Waals surface area contributed by atoms with E-state index in [0.717, 1.165) is 0 Å². The van der Waals surface area contributed by atoms with Gasteiger partial charge in [0.25, 0.3) is 0 Å². The van der Waals surface area contributed by atoms with Crippen molar-refractivity contribution < 1.29 is 71.8 Å². The van der Waals surface area contributed by atoms with E-state index in [4.69, 9.17) is 23.4 Å². The second-order valence-electron chi connectivity index (χ2n) is 9.19. The van der Waals surface area contributed by atoms with Gasteiger partial charge in [-0.3, -0.25) is 4.55 Å². The first-order chi connectivity index (χ1) is 18.7. The van der Waals surface area contributed by atoms with Crippen LogP contribution in [0.25, 0.3) is 11.0 Å². The van der Waals surface area contributed by atoms with Gasteiger partial charge >= 0.3 is 21.9 Å². The van der Waals surface area contributed by atoms with Crippen molar-refractivity contribution in [2.45, 2.75) is 68.3 Å². The van der Waals surface area contributed by atoms with Gasteiger partial charge in [-0.05, 0) is 24.6 Å². The number of benzene rings is 1. The number of aryl methyl sites for hydroxylation is 1. The summed E-state index contributed by atoms with van der Waals surface area (Å²) >= 11 is 0. The normalized spacial score (nSPS) is 35.0. The van der Waals surface area contributed by atoms with E-state index >= 15 is 0 Å². The Morgan fingerprint density at radius 2 is 1.73 bits per heavy atom. The molecule has 0 aliphatic carbocycles. The molecule has 1 aromatic heterocycles. The van der Waals surface area contributed by atoms with Crippen LogP contribution in [-0.4, -0.2) is 118 Å². The van der Waals surface area contributed by atoms with Crippen molar-refractivity contribution in [1.29, 1.82) is 0 Å². The van der Waals surface area contributed by atoms with Crippen molar-refractivity contribution in [3.8, 4) is 5.75 Å². The average molecular weight is 594 g/mol. The van der Waals surface area contributed by atoms with E-state index in [1.54, 1.807) is 11.6 Å². The summed E-state index contributed by atoms with van der Waals surface area (Å²) in [6.07, 6.45) is -17.4. The molecule has 2 aliphatic rings. The molecule has 3 heterocycles. The van der Waals surface area contributed by atoms with E-state index in [9.17, 15) is 53.2 Å². The van der Waals surface area contributed by atoms with Crippen LogP contribution in [0.3, 0.4) is 0 Å². The number of carboxylic acid groups (broad SMARTS) is 1. The molecule has 40 heavy (non-hydrogen) atoms. The molecule has 0 bridgehead atoms. The van der Waals surface area contributed by atoms with Gasteiger partial charge < -0.3 is 54.0 Å². The quantitative estimate of drug-likeness (QED) is 0.109. The van der Waals surface area contributed by atoms with Crippen LogP contribution in [0.4, 0.5) is 0 Å². The summed E-state index contributed by atoms with van der Waals surface area (Å²) in [5, 5.41) is 61.6. The Morgan fingerprint density at radius 3 is 2.35 bits per heavy atom. The fraction of sp³-hybridized carbons (Fsp3) is 0.545. The lowest BCUT2D eigenvalue weighted by Gasteiger charge is -2.46. The van der Waals surface area contributed by atoms with Gasteiger partial charge in [-0.25, -0.2) is 9.59 Å². The van der Waals surface area contributed by atoms with Crippen molar-refractivity contribution in [3.63, 3.8) is 0 Å². The average Bonchev–Trinajstić information content (AvgIpc) is 2.86. The lowest BCUT2D eigenvalue weighted by molar-refractivity contribution is -0.331. The number of carboxylic acids is 1. The predicted molar refractivity (Wildman–Crippen MR) is 127 cm³/mol. The van der Waals surface area contributed by atoms with Gasteiger partial charge in [0.1, 0.15) is 54.0 Å². The maximum atomic E-state index is 12.0. The SMILES string of the molecule is Cc1cc(=O)oc2cc(OC3OC(C(=O)O)C(OC4OC(CO)C(O)C(O)C4NS(=O)(=O)O)C(O)C3O)ccc12. The Kier molecular flexibility index (Phi) is 8.78. The summed E-state index contributed by atoms with van der Waals surface area (Å²) in [5.74, 6) is -1.75. The van der Waals surface area contributed by atoms with Crippen molar-refractivity contribution in [3.05, 3.63) is 40.2 Å². The van der Waals surface area contributed by atoms with Crippen LogP contribution in [0.1, 0.15) is 5.56 Å². The first-order valence-electron chi connectivity index (χ1n) is 11.7. The van der Waals surface area contributed by atoms with Gasteiger partial charge in [0.15, 0.2) is 12.4 Å². The van der Waals surface area contributed by atoms with Gasteiger partial charge in [-0.15, -0.1) is 0 Å². The zero-order chi connectivity index (χ0) is 29.5. The molecule has 8 N–H and O–H groups in total. The largest absolute Gasteiger partial charge is 0.479 e. The van der Waals surface area contributed by atoms with E-state index in [1.807, 2.05) is 0 Å². The topological polar surface area (TPSA) is 272 Å². The smallest absolute Gasteiger partial charge is 0.336 e. The number of fused-ring (bicyclic) bond motifs is 1. The molecule has 2 fully saturated rings. The molecule has 2 aromatic rings. The van der Waals surface area contributed by atoms with E-state index < -0.39 is 89.9 Å². The van der Waals surface area contributed by atoms with E-state index in [0.29, 0.717) is 10.9 Å². The molecule has 2 aliphatic heterocycles. The number of hydrogen-bond acceptors (Lipinski definition) is 14. The first kappa shape index (κ1) is 30.2. The molecule has 1 aromatic carbocycles. The summed E-state index contributed by atoms with van der Waals surface area (Å²) in [6.45, 7) is 0.781. The van der Waals surface area contributed by atoms with Crippen molar-refractivity contribution in [2.75, 3.05) is 6.61 Å². The molecule has 17 nitrogen and oxygen atoms in total. The van der Waals surface area contributed by atoms with E-state index in [2.05, 4.69) is 0 Å². The molecule has 4 rings (SSSR count). The summed E-state index contributed by atoms with van der Waals surface area (Å²) in [4.78, 5) is 23.7. The highest BCUT2D eigenvalue weighted by molar-refractivity contribution is 7.83. The first-order valence-corrected chi connectivity index (χ1v) is 13.1. The molecule has 0 radical (unpaired) electrons. The van der Waals surface area contributed by atoms with Gasteiger partial charge in [0, 0.05) is 17.5 Å². The molecule has 2 saturated heterocycles. The molecule has 10 unspecified atom stereocenters. The number of hydrogen-bond donors (Lipinski definition) is 8. The molecule has 10 atom stereocenters. The molecule has 0 saturated carbocycles. The molecular formula is C22H27NO16S. The molecular weight excluding hydrogens is 566 g/mol. The highest BCUT2D eigenvalue weighted by Crippen LogP contribution is 2.31. The predicted octanol–water partition coefficient (Wildman–Crippen LogP) is -3.40. The molecule has 222 valence electrons. The van der Waals surface area contributed by atoms with Gasteiger partial charge in [0.05, 0.1) is 6.61 Å². The molecule has 0 amide bonds. The third-order valence-corrected chi connectivity index (χ3v) is 6.99. The summed E-state index contributed by atoms with van der Waals surface area (Å²) in [5.41, 5.74) is 0.0986. The van der Waals surface area contributed by atoms with Gasteiger partial charge in [-0.1, -0.05) is 0 Å². The minimum Gasteiger partial charge on any atom is -0.479 e. The monoisotopic (exact) mass is 593 g/mol. The number of carbonyl (C=O) groups is 1.